The molecule has 1 aromatic carbocycles. The van der Waals surface area contributed by atoms with E-state index < -0.39 is 0 Å². The van der Waals surface area contributed by atoms with Crippen molar-refractivity contribution in [1.29, 1.82) is 0 Å². The topological polar surface area (TPSA) is 49.7 Å². The molecule has 0 saturated heterocycles. The lowest BCUT2D eigenvalue weighted by Crippen LogP contribution is -2.14. The molecule has 1 aromatic rings. The highest BCUT2D eigenvalue weighted by Crippen LogP contribution is 2.20. The Morgan fingerprint density at radius 3 is 2.43 bits per heavy atom. The SMILES string of the molecule is COc1ccccc1CC(CO)CO. The van der Waals surface area contributed by atoms with Gasteiger partial charge < -0.3 is 14.9 Å². The van der Waals surface area contributed by atoms with E-state index in [1.165, 1.54) is 0 Å². The third kappa shape index (κ3) is 2.72. The van der Waals surface area contributed by atoms with E-state index in [1.807, 2.05) is 24.3 Å². The summed E-state index contributed by atoms with van der Waals surface area (Å²) in [6, 6.07) is 7.64. The van der Waals surface area contributed by atoms with E-state index in [4.69, 9.17) is 14.9 Å². The normalized spacial score (nSPS) is 10.6. The minimum Gasteiger partial charge on any atom is -0.496 e. The summed E-state index contributed by atoms with van der Waals surface area (Å²) in [4.78, 5) is 0. The van der Waals surface area contributed by atoms with Crippen LogP contribution in [0.25, 0.3) is 0 Å². The second-order valence-electron chi connectivity index (χ2n) is 3.25. The second kappa shape index (κ2) is 5.62. The van der Waals surface area contributed by atoms with Crippen LogP contribution in [0.3, 0.4) is 0 Å². The van der Waals surface area contributed by atoms with Gasteiger partial charge in [0.25, 0.3) is 0 Å². The number of aliphatic hydroxyl groups excluding tert-OH is 2. The van der Waals surface area contributed by atoms with Crippen molar-refractivity contribution in [1.82, 2.24) is 0 Å². The molecule has 0 aliphatic carbocycles. The van der Waals surface area contributed by atoms with Gasteiger partial charge in [0, 0.05) is 19.1 Å². The Morgan fingerprint density at radius 2 is 1.86 bits per heavy atom. The summed E-state index contributed by atoms with van der Waals surface area (Å²) in [5.74, 6) is 0.700. The highest BCUT2D eigenvalue weighted by molar-refractivity contribution is 5.33. The maximum absolute atomic E-state index is 8.95. The molecule has 0 radical (unpaired) electrons. The number of benzene rings is 1. The number of ether oxygens (including phenoxy) is 1. The molecule has 0 aliphatic rings. The maximum Gasteiger partial charge on any atom is 0.122 e. The largest absolute Gasteiger partial charge is 0.496 e. The quantitative estimate of drug-likeness (QED) is 0.733. The fraction of sp³-hybridized carbons (Fsp3) is 0.455. The molecule has 14 heavy (non-hydrogen) atoms. The molecule has 3 nitrogen and oxygen atoms in total. The lowest BCUT2D eigenvalue weighted by molar-refractivity contribution is 0.149. The summed E-state index contributed by atoms with van der Waals surface area (Å²) in [7, 11) is 1.62. The highest BCUT2D eigenvalue weighted by Gasteiger charge is 2.10. The van der Waals surface area contributed by atoms with Gasteiger partial charge in [0.1, 0.15) is 5.75 Å². The maximum atomic E-state index is 8.95. The van der Waals surface area contributed by atoms with Crippen LogP contribution < -0.4 is 4.74 Å². The van der Waals surface area contributed by atoms with Gasteiger partial charge in [-0.25, -0.2) is 0 Å². The third-order valence-corrected chi connectivity index (χ3v) is 2.22. The number of hydrogen-bond acceptors (Lipinski definition) is 3. The van der Waals surface area contributed by atoms with E-state index >= 15 is 0 Å². The Bertz CT molecular complexity index is 269. The van der Waals surface area contributed by atoms with Gasteiger partial charge in [-0.15, -0.1) is 0 Å². The number of hydrogen-bond donors (Lipinski definition) is 2. The van der Waals surface area contributed by atoms with E-state index in [0.717, 1.165) is 11.3 Å². The van der Waals surface area contributed by atoms with Gasteiger partial charge in [-0.05, 0) is 18.1 Å². The number of rotatable bonds is 5. The van der Waals surface area contributed by atoms with Crippen LogP contribution in [-0.4, -0.2) is 30.5 Å². The molecule has 0 heterocycles. The average Bonchev–Trinajstić information content (AvgIpc) is 2.26. The number of aliphatic hydroxyl groups is 2. The molecular formula is C11H16O3. The van der Waals surface area contributed by atoms with Gasteiger partial charge in [0.2, 0.25) is 0 Å². The summed E-state index contributed by atoms with van der Waals surface area (Å²) in [6.07, 6.45) is 0.636. The van der Waals surface area contributed by atoms with Crippen LogP contribution in [0, 0.1) is 5.92 Å². The molecule has 0 atom stereocenters. The van der Waals surface area contributed by atoms with Crippen molar-refractivity contribution >= 4 is 0 Å². The molecule has 0 aliphatic heterocycles. The molecule has 0 aromatic heterocycles. The first-order valence-corrected chi connectivity index (χ1v) is 4.65. The van der Waals surface area contributed by atoms with Gasteiger partial charge in [0.15, 0.2) is 0 Å². The standard InChI is InChI=1S/C11H16O3/c1-14-11-5-3-2-4-10(11)6-9(7-12)8-13/h2-5,9,12-13H,6-8H2,1H3. The van der Waals surface area contributed by atoms with Gasteiger partial charge in [-0.3, -0.25) is 0 Å². The first kappa shape index (κ1) is 11.0. The van der Waals surface area contributed by atoms with Gasteiger partial charge in [-0.1, -0.05) is 18.2 Å². The first-order valence-electron chi connectivity index (χ1n) is 4.65. The number of para-hydroxylation sites is 1. The van der Waals surface area contributed by atoms with Crippen molar-refractivity contribution in [3.63, 3.8) is 0 Å². The van der Waals surface area contributed by atoms with Gasteiger partial charge in [0.05, 0.1) is 7.11 Å². The Hall–Kier alpha value is -1.06. The minimum absolute atomic E-state index is 0.00541. The van der Waals surface area contributed by atoms with E-state index in [-0.39, 0.29) is 19.1 Å². The zero-order chi connectivity index (χ0) is 10.4. The van der Waals surface area contributed by atoms with E-state index in [1.54, 1.807) is 7.11 Å². The smallest absolute Gasteiger partial charge is 0.122 e. The zero-order valence-corrected chi connectivity index (χ0v) is 8.31. The molecule has 3 heteroatoms. The fourth-order valence-electron chi connectivity index (χ4n) is 1.37. The molecule has 0 saturated carbocycles. The molecule has 0 unspecified atom stereocenters. The second-order valence-corrected chi connectivity index (χ2v) is 3.25. The van der Waals surface area contributed by atoms with Crippen molar-refractivity contribution in [2.24, 2.45) is 5.92 Å². The fourth-order valence-corrected chi connectivity index (χ4v) is 1.37. The van der Waals surface area contributed by atoms with Crippen molar-refractivity contribution in [2.75, 3.05) is 20.3 Å². The molecule has 78 valence electrons. The molecule has 1 rings (SSSR count). The predicted octanol–water partition coefficient (Wildman–Crippen LogP) is 0.838. The molecule has 0 fully saturated rings. The van der Waals surface area contributed by atoms with Crippen LogP contribution in [0.2, 0.25) is 0 Å². The van der Waals surface area contributed by atoms with Crippen LogP contribution >= 0.6 is 0 Å². The Balaban J connectivity index is 2.74. The van der Waals surface area contributed by atoms with Gasteiger partial charge >= 0.3 is 0 Å². The predicted molar refractivity (Wildman–Crippen MR) is 54.4 cm³/mol. The average molecular weight is 196 g/mol. The molecular weight excluding hydrogens is 180 g/mol. The summed E-state index contributed by atoms with van der Waals surface area (Å²) in [5.41, 5.74) is 1.02. The van der Waals surface area contributed by atoms with Crippen LogP contribution in [0.1, 0.15) is 5.56 Å². The van der Waals surface area contributed by atoms with Crippen LogP contribution in [0.15, 0.2) is 24.3 Å². The Kier molecular flexibility index (Phi) is 4.43. The van der Waals surface area contributed by atoms with Crippen molar-refractivity contribution in [2.45, 2.75) is 6.42 Å². The first-order chi connectivity index (χ1) is 6.81. The number of methoxy groups -OCH3 is 1. The third-order valence-electron chi connectivity index (χ3n) is 2.22. The Labute approximate surface area is 84.0 Å². The lowest BCUT2D eigenvalue weighted by Gasteiger charge is -2.13. The van der Waals surface area contributed by atoms with E-state index in [9.17, 15) is 0 Å². The van der Waals surface area contributed by atoms with E-state index in [2.05, 4.69) is 0 Å². The zero-order valence-electron chi connectivity index (χ0n) is 8.31. The summed E-state index contributed by atoms with van der Waals surface area (Å²) >= 11 is 0. The lowest BCUT2D eigenvalue weighted by atomic mass is 10.0. The highest BCUT2D eigenvalue weighted by atomic mass is 16.5. The van der Waals surface area contributed by atoms with Crippen molar-refractivity contribution < 1.29 is 14.9 Å². The van der Waals surface area contributed by atoms with Gasteiger partial charge in [-0.2, -0.15) is 0 Å². The minimum atomic E-state index is -0.105. The Morgan fingerprint density at radius 1 is 1.21 bits per heavy atom. The monoisotopic (exact) mass is 196 g/mol. The summed E-state index contributed by atoms with van der Waals surface area (Å²) < 4.78 is 5.17. The van der Waals surface area contributed by atoms with Crippen LogP contribution in [0.4, 0.5) is 0 Å². The van der Waals surface area contributed by atoms with Crippen molar-refractivity contribution in [3.8, 4) is 5.75 Å². The van der Waals surface area contributed by atoms with Crippen molar-refractivity contribution in [3.05, 3.63) is 29.8 Å². The molecule has 2 N–H and O–H groups in total. The molecule has 0 bridgehead atoms. The molecule has 0 amide bonds. The summed E-state index contributed by atoms with van der Waals surface area (Å²) in [6.45, 7) is -0.0108. The van der Waals surface area contributed by atoms with Crippen LogP contribution in [0.5, 0.6) is 5.75 Å². The van der Waals surface area contributed by atoms with Crippen LogP contribution in [-0.2, 0) is 6.42 Å². The summed E-state index contributed by atoms with van der Waals surface area (Å²) in [5, 5.41) is 17.9. The van der Waals surface area contributed by atoms with E-state index in [0.29, 0.717) is 6.42 Å². The molecule has 0 spiro atoms.